The minimum absolute atomic E-state index is 0.211. The fourth-order valence-corrected chi connectivity index (χ4v) is 3.68. The maximum atomic E-state index is 12.8. The molecule has 0 amide bonds. The molecular formula is C15H17ClN2O2S. The maximum Gasteiger partial charge on any atom is 0.264 e. The summed E-state index contributed by atoms with van der Waals surface area (Å²) in [6.07, 6.45) is 0.696. The van der Waals surface area contributed by atoms with Crippen LogP contribution in [0.5, 0.6) is 0 Å². The lowest BCUT2D eigenvalue weighted by molar-refractivity contribution is 0.590. The zero-order valence-electron chi connectivity index (χ0n) is 11.7. The molecule has 0 radical (unpaired) electrons. The molecule has 0 fully saturated rings. The summed E-state index contributed by atoms with van der Waals surface area (Å²) in [5, 5.41) is 0.500. The van der Waals surface area contributed by atoms with E-state index in [1.807, 2.05) is 6.92 Å². The topological polar surface area (TPSA) is 63.4 Å². The maximum absolute atomic E-state index is 12.8. The number of rotatable bonds is 5. The zero-order chi connectivity index (χ0) is 15.5. The zero-order valence-corrected chi connectivity index (χ0v) is 13.2. The second kappa shape index (κ2) is 6.37. The number of nitrogens with two attached hydrogens (primary N) is 1. The minimum atomic E-state index is -3.63. The van der Waals surface area contributed by atoms with Crippen molar-refractivity contribution in [3.05, 3.63) is 53.6 Å². The van der Waals surface area contributed by atoms with Crippen molar-refractivity contribution in [2.75, 3.05) is 16.6 Å². The lowest BCUT2D eigenvalue weighted by atomic mass is 10.3. The largest absolute Gasteiger partial charge is 0.399 e. The van der Waals surface area contributed by atoms with E-state index in [-0.39, 0.29) is 4.90 Å². The monoisotopic (exact) mass is 324 g/mol. The summed E-state index contributed by atoms with van der Waals surface area (Å²) in [6.45, 7) is 2.31. The third kappa shape index (κ3) is 3.49. The Labute approximate surface area is 130 Å². The molecule has 2 aromatic rings. The van der Waals surface area contributed by atoms with Gasteiger partial charge >= 0.3 is 0 Å². The lowest BCUT2D eigenvalue weighted by Crippen LogP contribution is -2.31. The Bertz CT molecular complexity index is 715. The predicted octanol–water partition coefficient (Wildman–Crippen LogP) is 3.53. The number of nitrogens with zero attached hydrogens (tertiary/aromatic N) is 1. The van der Waals surface area contributed by atoms with E-state index >= 15 is 0 Å². The summed E-state index contributed by atoms with van der Waals surface area (Å²) >= 11 is 5.82. The molecule has 2 aromatic carbocycles. The number of anilines is 2. The van der Waals surface area contributed by atoms with Gasteiger partial charge in [-0.15, -0.1) is 0 Å². The van der Waals surface area contributed by atoms with E-state index in [9.17, 15) is 8.42 Å². The molecule has 0 aliphatic rings. The van der Waals surface area contributed by atoms with Crippen LogP contribution in [0.3, 0.4) is 0 Å². The molecule has 2 N–H and O–H groups in total. The van der Waals surface area contributed by atoms with Gasteiger partial charge in [0.05, 0.1) is 10.6 Å². The average Bonchev–Trinajstić information content (AvgIpc) is 2.45. The Kier molecular flexibility index (Phi) is 4.75. The van der Waals surface area contributed by atoms with Gasteiger partial charge in [0.15, 0.2) is 0 Å². The molecule has 0 saturated heterocycles. The fourth-order valence-electron chi connectivity index (χ4n) is 2.00. The summed E-state index contributed by atoms with van der Waals surface area (Å²) in [6, 6.07) is 13.0. The van der Waals surface area contributed by atoms with E-state index < -0.39 is 10.0 Å². The number of benzene rings is 2. The van der Waals surface area contributed by atoms with E-state index in [2.05, 4.69) is 0 Å². The minimum Gasteiger partial charge on any atom is -0.399 e. The number of hydrogen-bond acceptors (Lipinski definition) is 3. The first-order valence-corrected chi connectivity index (χ1v) is 8.41. The standard InChI is InChI=1S/C15H17ClN2O2S/c1-2-10-18(14-5-3-4-13(17)11-14)21(19,20)15-8-6-12(16)7-9-15/h3-9,11H,2,10,17H2,1H3. The van der Waals surface area contributed by atoms with Gasteiger partial charge in [-0.05, 0) is 48.9 Å². The van der Waals surface area contributed by atoms with Gasteiger partial charge in [0.1, 0.15) is 0 Å². The normalized spacial score (nSPS) is 11.3. The van der Waals surface area contributed by atoms with Crippen LogP contribution in [-0.2, 0) is 10.0 Å². The molecule has 0 bridgehead atoms. The molecule has 0 aromatic heterocycles. The van der Waals surface area contributed by atoms with Crippen LogP contribution in [-0.4, -0.2) is 15.0 Å². The number of nitrogen functional groups attached to an aromatic ring is 1. The quantitative estimate of drug-likeness (QED) is 0.856. The van der Waals surface area contributed by atoms with Crippen molar-refractivity contribution in [2.45, 2.75) is 18.2 Å². The molecule has 6 heteroatoms. The summed E-state index contributed by atoms with van der Waals surface area (Å²) in [7, 11) is -3.63. The van der Waals surface area contributed by atoms with Gasteiger partial charge in [-0.3, -0.25) is 4.31 Å². The second-order valence-corrected chi connectivity index (χ2v) is 6.92. The van der Waals surface area contributed by atoms with Gasteiger partial charge in [0.2, 0.25) is 0 Å². The molecule has 0 aliphatic carbocycles. The molecule has 4 nitrogen and oxygen atoms in total. The van der Waals surface area contributed by atoms with E-state index in [4.69, 9.17) is 17.3 Å². The van der Waals surface area contributed by atoms with Crippen LogP contribution in [0.25, 0.3) is 0 Å². The summed E-state index contributed by atoms with van der Waals surface area (Å²) in [5.74, 6) is 0. The second-order valence-electron chi connectivity index (χ2n) is 4.63. The lowest BCUT2D eigenvalue weighted by Gasteiger charge is -2.24. The Morgan fingerprint density at radius 2 is 1.81 bits per heavy atom. The number of halogens is 1. The van der Waals surface area contributed by atoms with Crippen molar-refractivity contribution in [3.63, 3.8) is 0 Å². The predicted molar refractivity (Wildman–Crippen MR) is 87.1 cm³/mol. The third-order valence-electron chi connectivity index (χ3n) is 2.99. The Balaban J connectivity index is 2.48. The molecule has 0 saturated carbocycles. The highest BCUT2D eigenvalue weighted by Gasteiger charge is 2.24. The first-order chi connectivity index (χ1) is 9.95. The van der Waals surface area contributed by atoms with Crippen molar-refractivity contribution in [1.82, 2.24) is 0 Å². The Morgan fingerprint density at radius 1 is 1.14 bits per heavy atom. The molecule has 0 heterocycles. The first-order valence-electron chi connectivity index (χ1n) is 6.59. The van der Waals surface area contributed by atoms with Crippen LogP contribution < -0.4 is 10.0 Å². The first kappa shape index (κ1) is 15.7. The van der Waals surface area contributed by atoms with Gasteiger partial charge in [0, 0.05) is 17.3 Å². The highest BCUT2D eigenvalue weighted by molar-refractivity contribution is 7.92. The Morgan fingerprint density at radius 3 is 2.38 bits per heavy atom. The molecule has 112 valence electrons. The van der Waals surface area contributed by atoms with Crippen LogP contribution in [0.4, 0.5) is 11.4 Å². The fraction of sp³-hybridized carbons (Fsp3) is 0.200. The highest BCUT2D eigenvalue weighted by atomic mass is 35.5. The molecule has 21 heavy (non-hydrogen) atoms. The summed E-state index contributed by atoms with van der Waals surface area (Å²) in [5.41, 5.74) is 6.84. The van der Waals surface area contributed by atoms with Gasteiger partial charge in [-0.2, -0.15) is 0 Å². The molecule has 0 aliphatic heterocycles. The van der Waals surface area contributed by atoms with Crippen LogP contribution >= 0.6 is 11.6 Å². The van der Waals surface area contributed by atoms with Crippen LogP contribution in [0, 0.1) is 0 Å². The van der Waals surface area contributed by atoms with E-state index in [0.29, 0.717) is 29.4 Å². The van der Waals surface area contributed by atoms with Gasteiger partial charge < -0.3 is 5.73 Å². The van der Waals surface area contributed by atoms with Crippen LogP contribution in [0.15, 0.2) is 53.4 Å². The van der Waals surface area contributed by atoms with Crippen LogP contribution in [0.2, 0.25) is 5.02 Å². The molecule has 0 atom stereocenters. The van der Waals surface area contributed by atoms with E-state index in [1.165, 1.54) is 16.4 Å². The SMILES string of the molecule is CCCN(c1cccc(N)c1)S(=O)(=O)c1ccc(Cl)cc1. The molecule has 0 unspecified atom stereocenters. The molecular weight excluding hydrogens is 308 g/mol. The Hall–Kier alpha value is -1.72. The highest BCUT2D eigenvalue weighted by Crippen LogP contribution is 2.26. The third-order valence-corrected chi connectivity index (χ3v) is 5.08. The van der Waals surface area contributed by atoms with E-state index in [1.54, 1.807) is 36.4 Å². The van der Waals surface area contributed by atoms with E-state index in [0.717, 1.165) is 0 Å². The van der Waals surface area contributed by atoms with Crippen LogP contribution in [0.1, 0.15) is 13.3 Å². The average molecular weight is 325 g/mol. The van der Waals surface area contributed by atoms with Gasteiger partial charge in [0.25, 0.3) is 10.0 Å². The number of hydrogen-bond donors (Lipinski definition) is 1. The molecule has 2 rings (SSSR count). The van der Waals surface area contributed by atoms with Crippen molar-refractivity contribution >= 4 is 33.0 Å². The van der Waals surface area contributed by atoms with Gasteiger partial charge in [-0.25, -0.2) is 8.42 Å². The summed E-state index contributed by atoms with van der Waals surface area (Å²) in [4.78, 5) is 0.211. The van der Waals surface area contributed by atoms with Crippen molar-refractivity contribution in [3.8, 4) is 0 Å². The van der Waals surface area contributed by atoms with Crippen molar-refractivity contribution in [2.24, 2.45) is 0 Å². The smallest absolute Gasteiger partial charge is 0.264 e. The van der Waals surface area contributed by atoms with Crippen molar-refractivity contribution in [1.29, 1.82) is 0 Å². The van der Waals surface area contributed by atoms with Crippen molar-refractivity contribution < 1.29 is 8.42 Å². The summed E-state index contributed by atoms with van der Waals surface area (Å²) < 4.78 is 26.9. The van der Waals surface area contributed by atoms with Gasteiger partial charge in [-0.1, -0.05) is 24.6 Å². The number of sulfonamides is 1. The molecule has 0 spiro atoms.